The van der Waals surface area contributed by atoms with E-state index in [1.807, 2.05) is 49.4 Å². The van der Waals surface area contributed by atoms with Crippen LogP contribution in [0, 0.1) is 0 Å². The number of hydrazone groups is 1. The topological polar surface area (TPSA) is 78.4 Å². The van der Waals surface area contributed by atoms with Gasteiger partial charge in [0.05, 0.1) is 27.0 Å². The third kappa shape index (κ3) is 6.73. The summed E-state index contributed by atoms with van der Waals surface area (Å²) in [5.74, 6) is 1.88. The van der Waals surface area contributed by atoms with Crippen LogP contribution in [0.5, 0.6) is 23.0 Å². The van der Waals surface area contributed by atoms with Crippen LogP contribution in [0.25, 0.3) is 0 Å². The normalized spacial score (nSPS) is 10.7. The predicted molar refractivity (Wildman–Crippen MR) is 131 cm³/mol. The van der Waals surface area contributed by atoms with E-state index in [1.54, 1.807) is 24.4 Å². The molecule has 0 saturated heterocycles. The number of benzene rings is 3. The van der Waals surface area contributed by atoms with Crippen molar-refractivity contribution in [3.8, 4) is 23.0 Å². The second kappa shape index (κ2) is 11.9. The number of ether oxygens (including phenoxy) is 4. The Balaban J connectivity index is 1.65. The van der Waals surface area contributed by atoms with Gasteiger partial charge in [-0.3, -0.25) is 4.79 Å². The molecule has 0 aliphatic heterocycles. The molecule has 3 aromatic carbocycles. The standard InChI is InChI=1S/C25H25BrN2O5/c1-4-32-24-13-18(7-11-22(24)33-16-17-5-9-20(26)10-6-17)15-27-28-25(29)19-8-12-21(30-2)23(14-19)31-3/h5-15H,4,16H2,1-3H3,(H,28,29). The fraction of sp³-hybridized carbons (Fsp3) is 0.200. The molecule has 0 radical (unpaired) electrons. The van der Waals surface area contributed by atoms with Gasteiger partial charge in [0.25, 0.3) is 5.91 Å². The van der Waals surface area contributed by atoms with Crippen molar-refractivity contribution in [2.75, 3.05) is 20.8 Å². The van der Waals surface area contributed by atoms with Crippen LogP contribution in [0.1, 0.15) is 28.4 Å². The molecule has 0 spiro atoms. The summed E-state index contributed by atoms with van der Waals surface area (Å²) in [5.41, 5.74) is 4.71. The number of hydrogen-bond donors (Lipinski definition) is 1. The third-order valence-electron chi connectivity index (χ3n) is 4.60. The molecule has 0 aliphatic rings. The number of carbonyl (C=O) groups is 1. The first-order valence-corrected chi connectivity index (χ1v) is 11.0. The van der Waals surface area contributed by atoms with Gasteiger partial charge in [0.2, 0.25) is 0 Å². The number of amides is 1. The number of hydrogen-bond acceptors (Lipinski definition) is 6. The van der Waals surface area contributed by atoms with E-state index in [2.05, 4.69) is 26.5 Å². The van der Waals surface area contributed by atoms with E-state index in [-0.39, 0.29) is 5.91 Å². The highest BCUT2D eigenvalue weighted by atomic mass is 79.9. The molecule has 0 aliphatic carbocycles. The maximum Gasteiger partial charge on any atom is 0.271 e. The van der Waals surface area contributed by atoms with E-state index in [1.165, 1.54) is 14.2 Å². The molecule has 1 N–H and O–H groups in total. The summed E-state index contributed by atoms with van der Waals surface area (Å²) in [4.78, 5) is 12.4. The zero-order valence-electron chi connectivity index (χ0n) is 18.6. The van der Waals surface area contributed by atoms with Gasteiger partial charge in [0, 0.05) is 10.0 Å². The maximum atomic E-state index is 12.4. The summed E-state index contributed by atoms with van der Waals surface area (Å²) in [6, 6.07) is 18.3. The Morgan fingerprint density at radius 3 is 2.33 bits per heavy atom. The van der Waals surface area contributed by atoms with Crippen LogP contribution >= 0.6 is 15.9 Å². The number of methoxy groups -OCH3 is 2. The van der Waals surface area contributed by atoms with E-state index in [9.17, 15) is 4.79 Å². The maximum absolute atomic E-state index is 12.4. The first kappa shape index (κ1) is 24.1. The van der Waals surface area contributed by atoms with Crippen molar-refractivity contribution in [3.63, 3.8) is 0 Å². The molecule has 0 fully saturated rings. The minimum Gasteiger partial charge on any atom is -0.493 e. The van der Waals surface area contributed by atoms with Crippen LogP contribution in [0.15, 0.2) is 70.2 Å². The van der Waals surface area contributed by atoms with Crippen LogP contribution in [-0.2, 0) is 6.61 Å². The van der Waals surface area contributed by atoms with Crippen LogP contribution < -0.4 is 24.4 Å². The second-order valence-electron chi connectivity index (χ2n) is 6.82. The third-order valence-corrected chi connectivity index (χ3v) is 5.13. The van der Waals surface area contributed by atoms with Gasteiger partial charge in [-0.15, -0.1) is 0 Å². The van der Waals surface area contributed by atoms with Crippen molar-refractivity contribution in [1.29, 1.82) is 0 Å². The molecule has 0 bridgehead atoms. The molecule has 0 heterocycles. The van der Waals surface area contributed by atoms with Gasteiger partial charge in [0.15, 0.2) is 23.0 Å². The molecule has 7 nitrogen and oxygen atoms in total. The Hall–Kier alpha value is -3.52. The molecular formula is C25H25BrN2O5. The van der Waals surface area contributed by atoms with Crippen molar-refractivity contribution in [1.82, 2.24) is 5.43 Å². The Bertz CT molecular complexity index is 1120. The highest BCUT2D eigenvalue weighted by Crippen LogP contribution is 2.29. The van der Waals surface area contributed by atoms with Crippen LogP contribution in [0.3, 0.4) is 0 Å². The van der Waals surface area contributed by atoms with Crippen molar-refractivity contribution in [3.05, 3.63) is 81.8 Å². The van der Waals surface area contributed by atoms with Gasteiger partial charge in [0.1, 0.15) is 6.61 Å². The lowest BCUT2D eigenvalue weighted by Gasteiger charge is -2.12. The summed E-state index contributed by atoms with van der Waals surface area (Å²) in [6.45, 7) is 2.82. The molecule has 0 unspecified atom stereocenters. The second-order valence-corrected chi connectivity index (χ2v) is 7.74. The molecular weight excluding hydrogens is 488 g/mol. The Kier molecular flexibility index (Phi) is 8.71. The SMILES string of the molecule is CCOc1cc(C=NNC(=O)c2ccc(OC)c(OC)c2)ccc1OCc1ccc(Br)cc1. The van der Waals surface area contributed by atoms with Crippen molar-refractivity contribution in [2.45, 2.75) is 13.5 Å². The first-order valence-electron chi connectivity index (χ1n) is 10.2. The quantitative estimate of drug-likeness (QED) is 0.298. The van der Waals surface area contributed by atoms with Gasteiger partial charge < -0.3 is 18.9 Å². The number of rotatable bonds is 10. The molecule has 1 amide bonds. The monoisotopic (exact) mass is 512 g/mol. The van der Waals surface area contributed by atoms with Crippen LogP contribution in [-0.4, -0.2) is 32.9 Å². The van der Waals surface area contributed by atoms with Gasteiger partial charge in [-0.25, -0.2) is 5.43 Å². The molecule has 0 atom stereocenters. The van der Waals surface area contributed by atoms with Gasteiger partial charge in [-0.05, 0) is 66.6 Å². The number of nitrogens with zero attached hydrogens (tertiary/aromatic N) is 1. The minimum absolute atomic E-state index is 0.369. The highest BCUT2D eigenvalue weighted by molar-refractivity contribution is 9.10. The molecule has 3 aromatic rings. The first-order chi connectivity index (χ1) is 16.0. The van der Waals surface area contributed by atoms with E-state index in [0.717, 1.165) is 15.6 Å². The summed E-state index contributed by atoms with van der Waals surface area (Å²) in [7, 11) is 3.05. The highest BCUT2D eigenvalue weighted by Gasteiger charge is 2.10. The van der Waals surface area contributed by atoms with E-state index >= 15 is 0 Å². The van der Waals surface area contributed by atoms with E-state index < -0.39 is 0 Å². The molecule has 3 rings (SSSR count). The number of halogens is 1. The van der Waals surface area contributed by atoms with Crippen molar-refractivity contribution < 1.29 is 23.7 Å². The predicted octanol–water partition coefficient (Wildman–Crippen LogP) is 5.21. The average Bonchev–Trinajstić information content (AvgIpc) is 2.84. The molecule has 0 aromatic heterocycles. The average molecular weight is 513 g/mol. The molecule has 172 valence electrons. The lowest BCUT2D eigenvalue weighted by molar-refractivity contribution is 0.0954. The fourth-order valence-corrected chi connectivity index (χ4v) is 3.21. The van der Waals surface area contributed by atoms with Crippen LogP contribution in [0.4, 0.5) is 0 Å². The Labute approximate surface area is 201 Å². The minimum atomic E-state index is -0.369. The van der Waals surface area contributed by atoms with E-state index in [4.69, 9.17) is 18.9 Å². The number of nitrogens with one attached hydrogen (secondary N) is 1. The fourth-order valence-electron chi connectivity index (χ4n) is 2.94. The summed E-state index contributed by atoms with van der Waals surface area (Å²) in [5, 5.41) is 4.05. The summed E-state index contributed by atoms with van der Waals surface area (Å²) < 4.78 is 23.1. The smallest absolute Gasteiger partial charge is 0.271 e. The lowest BCUT2D eigenvalue weighted by Crippen LogP contribution is -2.17. The van der Waals surface area contributed by atoms with Crippen molar-refractivity contribution in [2.24, 2.45) is 5.10 Å². The Morgan fingerprint density at radius 1 is 0.909 bits per heavy atom. The largest absolute Gasteiger partial charge is 0.493 e. The van der Waals surface area contributed by atoms with Gasteiger partial charge in [-0.1, -0.05) is 28.1 Å². The molecule has 8 heteroatoms. The Morgan fingerprint density at radius 2 is 1.64 bits per heavy atom. The zero-order chi connectivity index (χ0) is 23.6. The molecule has 33 heavy (non-hydrogen) atoms. The van der Waals surface area contributed by atoms with Gasteiger partial charge in [-0.2, -0.15) is 5.10 Å². The summed E-state index contributed by atoms with van der Waals surface area (Å²) >= 11 is 3.43. The molecule has 0 saturated carbocycles. The van der Waals surface area contributed by atoms with Gasteiger partial charge >= 0.3 is 0 Å². The lowest BCUT2D eigenvalue weighted by atomic mass is 10.2. The van der Waals surface area contributed by atoms with Crippen LogP contribution in [0.2, 0.25) is 0 Å². The number of carbonyl (C=O) groups excluding carboxylic acids is 1. The van der Waals surface area contributed by atoms with Crippen molar-refractivity contribution >= 4 is 28.1 Å². The summed E-state index contributed by atoms with van der Waals surface area (Å²) in [6.07, 6.45) is 1.54. The zero-order valence-corrected chi connectivity index (χ0v) is 20.2. The van der Waals surface area contributed by atoms with E-state index in [0.29, 0.717) is 41.8 Å².